The highest BCUT2D eigenvalue weighted by atomic mass is 19.3. The average molecular weight is 389 g/mol. The Hall–Kier alpha value is -3.40. The summed E-state index contributed by atoms with van der Waals surface area (Å²) in [6.45, 7) is 1.68. The molecule has 0 spiro atoms. The largest absolute Gasteiger partial charge is 0.479 e. The fourth-order valence-electron chi connectivity index (χ4n) is 2.57. The number of nitrogens with zero attached hydrogens (tertiary/aromatic N) is 4. The van der Waals surface area contributed by atoms with Crippen molar-refractivity contribution in [3.8, 4) is 11.1 Å². The van der Waals surface area contributed by atoms with E-state index in [9.17, 15) is 18.7 Å². The maximum absolute atomic E-state index is 12.8. The highest BCUT2D eigenvalue weighted by Crippen LogP contribution is 2.26. The number of nitrogens with one attached hydrogen (secondary N) is 1. The molecule has 2 heterocycles. The third-order valence-electron chi connectivity index (χ3n) is 3.85. The van der Waals surface area contributed by atoms with Crippen LogP contribution in [0.1, 0.15) is 17.7 Å². The number of anilines is 2. The van der Waals surface area contributed by atoms with Crippen LogP contribution in [0.15, 0.2) is 42.9 Å². The number of alkyl halides is 2. The highest BCUT2D eigenvalue weighted by molar-refractivity contribution is 5.72. The number of carboxylic acid groups (broad SMARTS) is 1. The van der Waals surface area contributed by atoms with Crippen molar-refractivity contribution in [2.75, 3.05) is 5.32 Å². The molecule has 1 aromatic carbocycles. The number of aliphatic hydroxyl groups is 1. The van der Waals surface area contributed by atoms with Gasteiger partial charge in [0.25, 0.3) is 6.43 Å². The van der Waals surface area contributed by atoms with Gasteiger partial charge < -0.3 is 15.5 Å². The Balaban J connectivity index is 1.83. The molecular weight excluding hydrogens is 372 g/mol. The number of aromatic nitrogens is 4. The Morgan fingerprint density at radius 3 is 2.79 bits per heavy atom. The molecular formula is C18H17F2N5O3. The van der Waals surface area contributed by atoms with E-state index in [1.165, 1.54) is 10.9 Å². The Morgan fingerprint density at radius 1 is 1.29 bits per heavy atom. The van der Waals surface area contributed by atoms with Crippen molar-refractivity contribution >= 4 is 17.6 Å². The van der Waals surface area contributed by atoms with Gasteiger partial charge in [-0.05, 0) is 36.2 Å². The molecule has 146 valence electrons. The third kappa shape index (κ3) is 4.65. The summed E-state index contributed by atoms with van der Waals surface area (Å²) in [6.07, 6.45) is 0.163. The molecule has 10 heteroatoms. The van der Waals surface area contributed by atoms with Gasteiger partial charge in [-0.2, -0.15) is 5.10 Å². The van der Waals surface area contributed by atoms with E-state index in [1.807, 2.05) is 13.0 Å². The summed E-state index contributed by atoms with van der Waals surface area (Å²) in [6, 6.07) is 6.61. The molecule has 0 aliphatic carbocycles. The van der Waals surface area contributed by atoms with E-state index in [0.29, 0.717) is 11.3 Å². The van der Waals surface area contributed by atoms with Crippen LogP contribution in [0.2, 0.25) is 0 Å². The molecule has 28 heavy (non-hydrogen) atoms. The topological polar surface area (TPSA) is 113 Å². The van der Waals surface area contributed by atoms with Gasteiger partial charge in [-0.1, -0.05) is 6.07 Å². The van der Waals surface area contributed by atoms with Crippen LogP contribution >= 0.6 is 0 Å². The van der Waals surface area contributed by atoms with Crippen LogP contribution in [0.4, 0.5) is 20.4 Å². The number of aliphatic hydroxyl groups excluding tert-OH is 1. The second kappa shape index (κ2) is 8.09. The molecule has 0 aliphatic rings. The molecule has 0 amide bonds. The van der Waals surface area contributed by atoms with Crippen LogP contribution in [-0.2, 0) is 11.3 Å². The van der Waals surface area contributed by atoms with E-state index in [2.05, 4.69) is 20.4 Å². The van der Waals surface area contributed by atoms with E-state index in [1.54, 1.807) is 24.5 Å². The zero-order chi connectivity index (χ0) is 20.3. The van der Waals surface area contributed by atoms with E-state index < -0.39 is 18.5 Å². The van der Waals surface area contributed by atoms with E-state index in [4.69, 9.17) is 5.11 Å². The van der Waals surface area contributed by atoms with Crippen molar-refractivity contribution in [3.05, 3.63) is 54.1 Å². The number of hydrogen-bond acceptors (Lipinski definition) is 6. The molecule has 1 atom stereocenters. The van der Waals surface area contributed by atoms with Gasteiger partial charge in [-0.15, -0.1) is 0 Å². The minimum atomic E-state index is -2.69. The summed E-state index contributed by atoms with van der Waals surface area (Å²) in [5, 5.41) is 25.2. The molecule has 0 saturated heterocycles. The van der Waals surface area contributed by atoms with Crippen molar-refractivity contribution in [1.82, 2.24) is 19.7 Å². The monoisotopic (exact) mass is 389 g/mol. The van der Waals surface area contributed by atoms with Crippen LogP contribution in [0.5, 0.6) is 0 Å². The molecule has 3 rings (SSSR count). The van der Waals surface area contributed by atoms with Gasteiger partial charge in [0, 0.05) is 23.6 Å². The van der Waals surface area contributed by atoms with Crippen molar-refractivity contribution in [2.24, 2.45) is 0 Å². The summed E-state index contributed by atoms with van der Waals surface area (Å²) in [5.41, 5.74) is 2.59. The smallest absolute Gasteiger partial charge is 0.334 e. The summed E-state index contributed by atoms with van der Waals surface area (Å²) in [7, 11) is 0. The summed E-state index contributed by atoms with van der Waals surface area (Å²) >= 11 is 0. The first kappa shape index (κ1) is 19.4. The standard InChI is InChI=1S/C18H17F2N5O3/c1-10-4-11(12-7-22-25(8-12)9-15(26)17(27)28)6-13(5-10)23-18-21-3-2-14(24-18)16(19)20/h2-8,15-16,26H,9H2,1H3,(H,27,28)(H,21,23,24). The van der Waals surface area contributed by atoms with Gasteiger partial charge in [0.15, 0.2) is 6.10 Å². The second-order valence-electron chi connectivity index (χ2n) is 6.12. The predicted octanol–water partition coefficient (Wildman–Crippen LogP) is 2.78. The van der Waals surface area contributed by atoms with Crippen LogP contribution in [0, 0.1) is 6.92 Å². The van der Waals surface area contributed by atoms with Gasteiger partial charge in [-0.3, -0.25) is 4.68 Å². The van der Waals surface area contributed by atoms with Crippen LogP contribution in [-0.4, -0.2) is 42.0 Å². The normalized spacial score (nSPS) is 12.2. The highest BCUT2D eigenvalue weighted by Gasteiger charge is 2.15. The second-order valence-corrected chi connectivity index (χ2v) is 6.12. The third-order valence-corrected chi connectivity index (χ3v) is 3.85. The Labute approximate surface area is 158 Å². The number of aliphatic carboxylic acids is 1. The Bertz CT molecular complexity index is 993. The maximum Gasteiger partial charge on any atom is 0.334 e. The van der Waals surface area contributed by atoms with Gasteiger partial charge in [0.05, 0.1) is 12.7 Å². The summed E-state index contributed by atoms with van der Waals surface area (Å²) < 4.78 is 26.9. The molecule has 0 saturated carbocycles. The number of hydrogen-bond donors (Lipinski definition) is 3. The van der Waals surface area contributed by atoms with Gasteiger partial charge >= 0.3 is 5.97 Å². The van der Waals surface area contributed by atoms with Gasteiger partial charge in [0.2, 0.25) is 5.95 Å². The van der Waals surface area contributed by atoms with E-state index in [0.717, 1.165) is 17.2 Å². The molecule has 0 fully saturated rings. The lowest BCUT2D eigenvalue weighted by Crippen LogP contribution is -2.25. The van der Waals surface area contributed by atoms with Gasteiger partial charge in [0.1, 0.15) is 5.69 Å². The number of halogens is 2. The molecule has 2 aromatic heterocycles. The minimum absolute atomic E-state index is 0.0506. The summed E-state index contributed by atoms with van der Waals surface area (Å²) in [5.74, 6) is -1.28. The fourth-order valence-corrected chi connectivity index (χ4v) is 2.57. The van der Waals surface area contributed by atoms with Crippen LogP contribution < -0.4 is 5.32 Å². The quantitative estimate of drug-likeness (QED) is 0.569. The Kier molecular flexibility index (Phi) is 5.59. The van der Waals surface area contributed by atoms with Crippen molar-refractivity contribution in [2.45, 2.75) is 26.0 Å². The average Bonchev–Trinajstić information content (AvgIpc) is 3.10. The van der Waals surface area contributed by atoms with Crippen molar-refractivity contribution < 1.29 is 23.8 Å². The maximum atomic E-state index is 12.8. The first-order valence-corrected chi connectivity index (χ1v) is 8.25. The van der Waals surface area contributed by atoms with Crippen molar-refractivity contribution in [3.63, 3.8) is 0 Å². The molecule has 8 nitrogen and oxygen atoms in total. The predicted molar refractivity (Wildman–Crippen MR) is 96.3 cm³/mol. The minimum Gasteiger partial charge on any atom is -0.479 e. The van der Waals surface area contributed by atoms with Crippen LogP contribution in [0.3, 0.4) is 0 Å². The summed E-state index contributed by atoms with van der Waals surface area (Å²) in [4.78, 5) is 18.5. The first-order chi connectivity index (χ1) is 13.3. The lowest BCUT2D eigenvalue weighted by molar-refractivity contribution is -0.147. The zero-order valence-electron chi connectivity index (χ0n) is 14.8. The number of rotatable bonds is 7. The lowest BCUT2D eigenvalue weighted by Gasteiger charge is -2.09. The first-order valence-electron chi connectivity index (χ1n) is 8.25. The lowest BCUT2D eigenvalue weighted by atomic mass is 10.1. The molecule has 3 aromatic rings. The number of carbonyl (C=O) groups is 1. The molecule has 1 unspecified atom stereocenters. The SMILES string of the molecule is Cc1cc(Nc2nccc(C(F)F)n2)cc(-c2cnn(CC(O)C(=O)O)c2)c1. The molecule has 0 radical (unpaired) electrons. The molecule has 3 N–H and O–H groups in total. The van der Waals surface area contributed by atoms with Gasteiger partial charge in [-0.25, -0.2) is 23.5 Å². The van der Waals surface area contributed by atoms with E-state index >= 15 is 0 Å². The Morgan fingerprint density at radius 2 is 2.07 bits per heavy atom. The number of aryl methyl sites for hydroxylation is 1. The van der Waals surface area contributed by atoms with Crippen molar-refractivity contribution in [1.29, 1.82) is 0 Å². The van der Waals surface area contributed by atoms with Crippen LogP contribution in [0.25, 0.3) is 11.1 Å². The number of carboxylic acids is 1. The number of benzene rings is 1. The molecule has 0 bridgehead atoms. The fraction of sp³-hybridized carbons (Fsp3) is 0.222. The van der Waals surface area contributed by atoms with E-state index in [-0.39, 0.29) is 18.2 Å². The molecule has 0 aliphatic heterocycles. The zero-order valence-corrected chi connectivity index (χ0v) is 14.8.